The third kappa shape index (κ3) is 1.41. The SMILES string of the molecule is O=C(O)C1(C(F)(F)F)C=CC=CC1Cl. The highest BCUT2D eigenvalue weighted by atomic mass is 35.5. The second-order valence-corrected chi connectivity index (χ2v) is 3.29. The number of hydrogen-bond acceptors (Lipinski definition) is 1. The second-order valence-electron chi connectivity index (χ2n) is 2.82. The van der Waals surface area contributed by atoms with E-state index in [1.165, 1.54) is 6.08 Å². The Morgan fingerprint density at radius 2 is 2.00 bits per heavy atom. The smallest absolute Gasteiger partial charge is 0.410 e. The first-order valence-electron chi connectivity index (χ1n) is 3.62. The Hall–Kier alpha value is -0.970. The molecule has 1 N–H and O–H groups in total. The van der Waals surface area contributed by atoms with Crippen LogP contribution in [0.5, 0.6) is 0 Å². The Labute approximate surface area is 82.7 Å². The monoisotopic (exact) mass is 226 g/mol. The van der Waals surface area contributed by atoms with Crippen LogP contribution in [0.1, 0.15) is 0 Å². The van der Waals surface area contributed by atoms with Crippen molar-refractivity contribution >= 4 is 17.6 Å². The zero-order chi connectivity index (χ0) is 11.0. The summed E-state index contributed by atoms with van der Waals surface area (Å²) < 4.78 is 37.6. The van der Waals surface area contributed by atoms with Gasteiger partial charge in [0.25, 0.3) is 0 Å². The molecule has 0 aromatic rings. The van der Waals surface area contributed by atoms with E-state index >= 15 is 0 Å². The number of carboxylic acid groups (broad SMARTS) is 1. The van der Waals surface area contributed by atoms with Gasteiger partial charge in [0.05, 0.1) is 5.38 Å². The van der Waals surface area contributed by atoms with E-state index in [0.29, 0.717) is 6.08 Å². The minimum Gasteiger partial charge on any atom is -0.480 e. The molecular weight excluding hydrogens is 221 g/mol. The maximum Gasteiger partial charge on any atom is 0.410 e. The quantitative estimate of drug-likeness (QED) is 0.697. The lowest BCUT2D eigenvalue weighted by Gasteiger charge is -2.32. The van der Waals surface area contributed by atoms with Gasteiger partial charge in [-0.15, -0.1) is 11.6 Å². The molecule has 2 atom stereocenters. The van der Waals surface area contributed by atoms with E-state index in [9.17, 15) is 18.0 Å². The minimum absolute atomic E-state index is 0.562. The highest BCUT2D eigenvalue weighted by Gasteiger charge is 2.63. The third-order valence-corrected chi connectivity index (χ3v) is 2.50. The third-order valence-electron chi connectivity index (χ3n) is 2.01. The molecule has 0 aromatic carbocycles. The molecule has 1 aliphatic carbocycles. The number of carbonyl (C=O) groups is 1. The fourth-order valence-corrected chi connectivity index (χ4v) is 1.55. The Bertz CT molecular complexity index is 308. The van der Waals surface area contributed by atoms with Crippen molar-refractivity contribution in [3.8, 4) is 0 Å². The van der Waals surface area contributed by atoms with Crippen molar-refractivity contribution in [2.45, 2.75) is 11.6 Å². The van der Waals surface area contributed by atoms with Crippen molar-refractivity contribution in [1.82, 2.24) is 0 Å². The van der Waals surface area contributed by atoms with Crippen LogP contribution in [0, 0.1) is 5.41 Å². The lowest BCUT2D eigenvalue weighted by atomic mass is 9.80. The second kappa shape index (κ2) is 3.31. The molecule has 0 amide bonds. The molecular formula is C8H6ClF3O2. The molecule has 1 rings (SSSR count). The van der Waals surface area contributed by atoms with Crippen LogP contribution in [0.15, 0.2) is 24.3 Å². The van der Waals surface area contributed by atoms with Crippen molar-refractivity contribution in [3.05, 3.63) is 24.3 Å². The molecule has 1 aliphatic rings. The molecule has 2 nitrogen and oxygen atoms in total. The predicted molar refractivity (Wildman–Crippen MR) is 44.0 cm³/mol. The van der Waals surface area contributed by atoms with E-state index in [1.807, 2.05) is 0 Å². The number of halogens is 4. The lowest BCUT2D eigenvalue weighted by Crippen LogP contribution is -2.50. The Kier molecular flexibility index (Phi) is 2.63. The molecule has 78 valence electrons. The first kappa shape index (κ1) is 11.1. The van der Waals surface area contributed by atoms with Crippen molar-refractivity contribution in [3.63, 3.8) is 0 Å². The van der Waals surface area contributed by atoms with Gasteiger partial charge in [0.2, 0.25) is 5.41 Å². The van der Waals surface area contributed by atoms with Gasteiger partial charge in [-0.3, -0.25) is 4.79 Å². The van der Waals surface area contributed by atoms with Crippen molar-refractivity contribution < 1.29 is 23.1 Å². The molecule has 0 spiro atoms. The van der Waals surface area contributed by atoms with Crippen LogP contribution < -0.4 is 0 Å². The van der Waals surface area contributed by atoms with Crippen molar-refractivity contribution in [2.75, 3.05) is 0 Å². The topological polar surface area (TPSA) is 37.3 Å². The van der Waals surface area contributed by atoms with E-state index in [1.54, 1.807) is 0 Å². The number of carboxylic acids is 1. The number of aliphatic carboxylic acids is 1. The average molecular weight is 227 g/mol. The highest BCUT2D eigenvalue weighted by Crippen LogP contribution is 2.46. The minimum atomic E-state index is -4.91. The summed E-state index contributed by atoms with van der Waals surface area (Å²) in [6.07, 6.45) is -1.03. The number of hydrogen-bond donors (Lipinski definition) is 1. The van der Waals surface area contributed by atoms with Crippen LogP contribution in [0.25, 0.3) is 0 Å². The number of alkyl halides is 4. The summed E-state index contributed by atoms with van der Waals surface area (Å²) in [4.78, 5) is 10.6. The molecule has 0 aliphatic heterocycles. The largest absolute Gasteiger partial charge is 0.480 e. The van der Waals surface area contributed by atoms with Crippen molar-refractivity contribution in [2.24, 2.45) is 5.41 Å². The normalized spacial score (nSPS) is 31.9. The van der Waals surface area contributed by atoms with Crippen LogP contribution >= 0.6 is 11.6 Å². The molecule has 0 radical (unpaired) electrons. The van der Waals surface area contributed by atoms with E-state index in [2.05, 4.69) is 0 Å². The van der Waals surface area contributed by atoms with Gasteiger partial charge in [-0.25, -0.2) is 0 Å². The van der Waals surface area contributed by atoms with E-state index in [4.69, 9.17) is 16.7 Å². The molecule has 0 heterocycles. The number of rotatable bonds is 1. The van der Waals surface area contributed by atoms with Gasteiger partial charge in [0, 0.05) is 0 Å². The van der Waals surface area contributed by atoms with E-state index in [0.717, 1.165) is 12.2 Å². The van der Waals surface area contributed by atoms with Crippen LogP contribution in [0.4, 0.5) is 13.2 Å². The Morgan fingerprint density at radius 1 is 1.43 bits per heavy atom. The molecule has 0 saturated heterocycles. The van der Waals surface area contributed by atoms with E-state index in [-0.39, 0.29) is 0 Å². The maximum atomic E-state index is 12.5. The van der Waals surface area contributed by atoms with Gasteiger partial charge in [-0.1, -0.05) is 24.3 Å². The molecule has 0 bridgehead atoms. The summed E-state index contributed by atoms with van der Waals surface area (Å²) in [7, 11) is 0. The van der Waals surface area contributed by atoms with Gasteiger partial charge < -0.3 is 5.11 Å². The van der Waals surface area contributed by atoms with Crippen LogP contribution in [-0.2, 0) is 4.79 Å². The summed E-state index contributed by atoms with van der Waals surface area (Å²) in [5.41, 5.74) is -3.01. The maximum absolute atomic E-state index is 12.5. The summed E-state index contributed by atoms with van der Waals surface area (Å²) >= 11 is 5.38. The van der Waals surface area contributed by atoms with Crippen molar-refractivity contribution in [1.29, 1.82) is 0 Å². The van der Waals surface area contributed by atoms with Gasteiger partial charge in [-0.05, 0) is 0 Å². The first-order valence-corrected chi connectivity index (χ1v) is 4.06. The zero-order valence-corrected chi connectivity index (χ0v) is 7.51. The Balaban J connectivity index is 3.25. The highest BCUT2D eigenvalue weighted by molar-refractivity contribution is 6.24. The molecule has 0 fully saturated rings. The molecule has 6 heteroatoms. The molecule has 0 aromatic heterocycles. The number of allylic oxidation sites excluding steroid dienone is 3. The predicted octanol–water partition coefficient (Wildman–Crippen LogP) is 2.35. The van der Waals surface area contributed by atoms with Crippen LogP contribution in [0.2, 0.25) is 0 Å². The molecule has 2 unspecified atom stereocenters. The lowest BCUT2D eigenvalue weighted by molar-refractivity contribution is -0.215. The molecule has 0 saturated carbocycles. The average Bonchev–Trinajstić information content (AvgIpc) is 2.02. The summed E-state index contributed by atoms with van der Waals surface area (Å²) in [5, 5.41) is 6.98. The van der Waals surface area contributed by atoms with Gasteiger partial charge in [0.1, 0.15) is 0 Å². The fourth-order valence-electron chi connectivity index (χ4n) is 1.17. The summed E-state index contributed by atoms with van der Waals surface area (Å²) in [6.45, 7) is 0. The van der Waals surface area contributed by atoms with E-state index < -0.39 is 22.9 Å². The zero-order valence-electron chi connectivity index (χ0n) is 6.75. The standard InChI is InChI=1S/C8H6ClF3O2/c9-5-3-1-2-4-7(5,6(13)14)8(10,11)12/h1-5H,(H,13,14). The fraction of sp³-hybridized carbons (Fsp3) is 0.375. The first-order chi connectivity index (χ1) is 6.32. The molecule has 14 heavy (non-hydrogen) atoms. The van der Waals surface area contributed by atoms with Crippen LogP contribution in [-0.4, -0.2) is 22.6 Å². The van der Waals surface area contributed by atoms with Gasteiger partial charge >= 0.3 is 12.1 Å². The summed E-state index contributed by atoms with van der Waals surface area (Å²) in [6, 6.07) is 0. The Morgan fingerprint density at radius 3 is 2.29 bits per heavy atom. The van der Waals surface area contributed by atoms with Crippen LogP contribution in [0.3, 0.4) is 0 Å². The van der Waals surface area contributed by atoms with Gasteiger partial charge in [-0.2, -0.15) is 13.2 Å². The summed E-state index contributed by atoms with van der Waals surface area (Å²) in [5.74, 6) is -1.99. The van der Waals surface area contributed by atoms with Gasteiger partial charge in [0.15, 0.2) is 0 Å².